The number of anilines is 1. The Kier molecular flexibility index (Phi) is 5.26. The van der Waals surface area contributed by atoms with Gasteiger partial charge < -0.3 is 16.0 Å². The molecule has 1 aliphatic rings. The highest BCUT2D eigenvalue weighted by atomic mass is 35.5. The van der Waals surface area contributed by atoms with Crippen LogP contribution >= 0.6 is 23.8 Å². The third kappa shape index (κ3) is 3.84. The number of hydrogen-bond donors (Lipinski definition) is 3. The van der Waals surface area contributed by atoms with Crippen molar-refractivity contribution in [1.29, 1.82) is 0 Å². The second-order valence-corrected chi connectivity index (χ2v) is 7.90. The molecule has 4 rings (SSSR count). The molecule has 0 spiro atoms. The van der Waals surface area contributed by atoms with Crippen LogP contribution < -0.4 is 16.0 Å². The minimum Gasteiger partial charge on any atom is -0.351 e. The Morgan fingerprint density at radius 2 is 1.83 bits per heavy atom. The number of fused-ring (bicyclic) bond motifs is 1. The number of rotatable bonds is 3. The SMILES string of the molecule is CC1=C(C(=O)Nc2cc(Cl)ccc2C)C(c2cccc3ccccc23)NC(=S)N1. The lowest BCUT2D eigenvalue weighted by atomic mass is 9.91. The Labute approximate surface area is 180 Å². The highest BCUT2D eigenvalue weighted by Gasteiger charge is 2.31. The fraction of sp³-hybridized carbons (Fsp3) is 0.130. The molecule has 0 aliphatic carbocycles. The monoisotopic (exact) mass is 421 g/mol. The van der Waals surface area contributed by atoms with Crippen molar-refractivity contribution >= 4 is 51.3 Å². The van der Waals surface area contributed by atoms with Gasteiger partial charge in [-0.2, -0.15) is 0 Å². The van der Waals surface area contributed by atoms with Gasteiger partial charge in [-0.3, -0.25) is 4.79 Å². The molecule has 1 amide bonds. The zero-order chi connectivity index (χ0) is 20.5. The molecule has 0 aromatic heterocycles. The van der Waals surface area contributed by atoms with Gasteiger partial charge in [0.25, 0.3) is 5.91 Å². The minimum absolute atomic E-state index is 0.201. The summed E-state index contributed by atoms with van der Waals surface area (Å²) >= 11 is 11.5. The summed E-state index contributed by atoms with van der Waals surface area (Å²) in [4.78, 5) is 13.3. The van der Waals surface area contributed by atoms with Gasteiger partial charge in [-0.15, -0.1) is 0 Å². The number of hydrogen-bond acceptors (Lipinski definition) is 2. The minimum atomic E-state index is -0.366. The molecule has 6 heteroatoms. The number of amides is 1. The van der Waals surface area contributed by atoms with Crippen LogP contribution in [-0.2, 0) is 4.79 Å². The Hall–Kier alpha value is -2.89. The summed E-state index contributed by atoms with van der Waals surface area (Å²) in [7, 11) is 0. The summed E-state index contributed by atoms with van der Waals surface area (Å²) in [6.45, 7) is 3.80. The van der Waals surface area contributed by atoms with Gasteiger partial charge in [0.1, 0.15) is 0 Å². The van der Waals surface area contributed by atoms with E-state index in [1.54, 1.807) is 12.1 Å². The molecule has 146 valence electrons. The van der Waals surface area contributed by atoms with Gasteiger partial charge in [-0.05, 0) is 60.1 Å². The molecule has 0 saturated carbocycles. The van der Waals surface area contributed by atoms with Gasteiger partial charge in [0.05, 0.1) is 11.6 Å². The molecule has 0 bridgehead atoms. The second-order valence-electron chi connectivity index (χ2n) is 7.05. The van der Waals surface area contributed by atoms with Crippen molar-refractivity contribution < 1.29 is 4.79 Å². The molecule has 0 fully saturated rings. The molecule has 0 saturated heterocycles. The Bertz CT molecular complexity index is 1170. The molecule has 3 aromatic rings. The molecule has 29 heavy (non-hydrogen) atoms. The maximum absolute atomic E-state index is 13.3. The lowest BCUT2D eigenvalue weighted by molar-refractivity contribution is -0.113. The predicted octanol–water partition coefficient (Wildman–Crippen LogP) is 5.23. The zero-order valence-corrected chi connectivity index (χ0v) is 17.6. The highest BCUT2D eigenvalue weighted by molar-refractivity contribution is 7.80. The summed E-state index contributed by atoms with van der Waals surface area (Å²) in [6, 6.07) is 19.3. The van der Waals surface area contributed by atoms with Gasteiger partial charge in [0.2, 0.25) is 0 Å². The van der Waals surface area contributed by atoms with Gasteiger partial charge in [0, 0.05) is 16.4 Å². The first-order chi connectivity index (χ1) is 13.9. The maximum atomic E-state index is 13.3. The van der Waals surface area contributed by atoms with Crippen LogP contribution in [0.4, 0.5) is 5.69 Å². The van der Waals surface area contributed by atoms with E-state index in [1.165, 1.54) is 0 Å². The quantitative estimate of drug-likeness (QED) is 0.506. The molecule has 1 heterocycles. The lowest BCUT2D eigenvalue weighted by Crippen LogP contribution is -2.45. The normalized spacial score (nSPS) is 16.4. The van der Waals surface area contributed by atoms with Crippen molar-refractivity contribution in [3.63, 3.8) is 0 Å². The van der Waals surface area contributed by atoms with Crippen molar-refractivity contribution in [3.8, 4) is 0 Å². The van der Waals surface area contributed by atoms with E-state index in [0.717, 1.165) is 27.6 Å². The van der Waals surface area contributed by atoms with Crippen molar-refractivity contribution in [1.82, 2.24) is 10.6 Å². The van der Waals surface area contributed by atoms with Crippen molar-refractivity contribution in [2.45, 2.75) is 19.9 Å². The van der Waals surface area contributed by atoms with E-state index in [-0.39, 0.29) is 11.9 Å². The topological polar surface area (TPSA) is 53.2 Å². The van der Waals surface area contributed by atoms with E-state index in [9.17, 15) is 4.79 Å². The predicted molar refractivity (Wildman–Crippen MR) is 123 cm³/mol. The molecule has 3 aromatic carbocycles. The van der Waals surface area contributed by atoms with Crippen LogP contribution in [-0.4, -0.2) is 11.0 Å². The van der Waals surface area contributed by atoms with E-state index in [1.807, 2.05) is 44.2 Å². The number of nitrogens with one attached hydrogen (secondary N) is 3. The van der Waals surface area contributed by atoms with Crippen LogP contribution in [0.1, 0.15) is 24.1 Å². The van der Waals surface area contributed by atoms with Crippen LogP contribution in [0.5, 0.6) is 0 Å². The number of halogens is 1. The van der Waals surface area contributed by atoms with E-state index >= 15 is 0 Å². The number of allylic oxidation sites excluding steroid dienone is 1. The first-order valence-corrected chi connectivity index (χ1v) is 10.1. The van der Waals surface area contributed by atoms with Crippen molar-refractivity contribution in [3.05, 3.63) is 88.1 Å². The third-order valence-electron chi connectivity index (χ3n) is 5.10. The molecule has 1 unspecified atom stereocenters. The zero-order valence-electron chi connectivity index (χ0n) is 16.0. The van der Waals surface area contributed by atoms with Crippen LogP contribution in [0.15, 0.2) is 71.9 Å². The maximum Gasteiger partial charge on any atom is 0.255 e. The number of thiocarbonyl (C=S) groups is 1. The van der Waals surface area contributed by atoms with Gasteiger partial charge in [0.15, 0.2) is 5.11 Å². The number of benzene rings is 3. The number of carbonyl (C=O) groups excluding carboxylic acids is 1. The summed E-state index contributed by atoms with van der Waals surface area (Å²) in [6.07, 6.45) is 0. The average molecular weight is 422 g/mol. The summed E-state index contributed by atoms with van der Waals surface area (Å²) < 4.78 is 0. The Morgan fingerprint density at radius 3 is 2.66 bits per heavy atom. The Balaban J connectivity index is 1.78. The van der Waals surface area contributed by atoms with Gasteiger partial charge in [-0.1, -0.05) is 60.1 Å². The van der Waals surface area contributed by atoms with E-state index in [0.29, 0.717) is 21.4 Å². The lowest BCUT2D eigenvalue weighted by Gasteiger charge is -2.31. The highest BCUT2D eigenvalue weighted by Crippen LogP contribution is 2.33. The third-order valence-corrected chi connectivity index (χ3v) is 5.55. The molecule has 4 nitrogen and oxygen atoms in total. The molecule has 1 atom stereocenters. The fourth-order valence-corrected chi connectivity index (χ4v) is 4.09. The standard InChI is InChI=1S/C23H20ClN3OS/c1-13-10-11-16(24)12-19(13)26-22(28)20-14(2)25-23(29)27-21(20)18-9-5-7-15-6-3-4-8-17(15)18/h3-12,21H,1-2H3,(H,26,28)(H2,25,27,29). The van der Waals surface area contributed by atoms with E-state index in [4.69, 9.17) is 23.8 Å². The summed E-state index contributed by atoms with van der Waals surface area (Å²) in [5.41, 5.74) is 3.94. The molecular formula is C23H20ClN3OS. The van der Waals surface area contributed by atoms with E-state index < -0.39 is 0 Å². The first-order valence-electron chi connectivity index (χ1n) is 9.27. The molecule has 1 aliphatic heterocycles. The van der Waals surface area contributed by atoms with Crippen LogP contribution in [0.3, 0.4) is 0 Å². The first kappa shape index (κ1) is 19.4. The van der Waals surface area contributed by atoms with Crippen LogP contribution in [0, 0.1) is 6.92 Å². The Morgan fingerprint density at radius 1 is 1.07 bits per heavy atom. The number of aryl methyl sites for hydroxylation is 1. The smallest absolute Gasteiger partial charge is 0.255 e. The fourth-order valence-electron chi connectivity index (χ4n) is 3.65. The molecular weight excluding hydrogens is 402 g/mol. The summed E-state index contributed by atoms with van der Waals surface area (Å²) in [5.74, 6) is -0.201. The second kappa shape index (κ2) is 7.85. The molecule has 0 radical (unpaired) electrons. The van der Waals surface area contributed by atoms with Crippen molar-refractivity contribution in [2.75, 3.05) is 5.32 Å². The molecule has 3 N–H and O–H groups in total. The van der Waals surface area contributed by atoms with Gasteiger partial charge in [-0.25, -0.2) is 0 Å². The van der Waals surface area contributed by atoms with Crippen molar-refractivity contribution in [2.24, 2.45) is 0 Å². The van der Waals surface area contributed by atoms with Crippen LogP contribution in [0.25, 0.3) is 10.8 Å². The van der Waals surface area contributed by atoms with Gasteiger partial charge >= 0.3 is 0 Å². The average Bonchev–Trinajstić information content (AvgIpc) is 2.69. The number of carbonyl (C=O) groups is 1. The van der Waals surface area contributed by atoms with Crippen LogP contribution in [0.2, 0.25) is 5.02 Å². The summed E-state index contributed by atoms with van der Waals surface area (Å²) in [5, 5.41) is 12.6. The largest absolute Gasteiger partial charge is 0.351 e. The van der Waals surface area contributed by atoms with E-state index in [2.05, 4.69) is 34.1 Å².